The molecule has 0 radical (unpaired) electrons. The van der Waals surface area contributed by atoms with Crippen LogP contribution >= 0.6 is 0 Å². The Morgan fingerprint density at radius 1 is 1.03 bits per heavy atom. The molecule has 4 rings (SSSR count). The van der Waals surface area contributed by atoms with Crippen molar-refractivity contribution in [3.63, 3.8) is 0 Å². The summed E-state index contributed by atoms with van der Waals surface area (Å²) < 4.78 is 5.41. The van der Waals surface area contributed by atoms with Crippen LogP contribution in [0.2, 0.25) is 0 Å². The molecule has 10 nitrogen and oxygen atoms in total. The number of morpholine rings is 1. The lowest BCUT2D eigenvalue weighted by Crippen LogP contribution is -2.36. The Bertz CT molecular complexity index is 1150. The van der Waals surface area contributed by atoms with Crippen LogP contribution in [0.3, 0.4) is 0 Å². The zero-order valence-corrected chi connectivity index (χ0v) is 19.2. The number of nitrogens with zero attached hydrogens (tertiary/aromatic N) is 3. The highest BCUT2D eigenvalue weighted by atomic mass is 16.5. The van der Waals surface area contributed by atoms with Crippen molar-refractivity contribution in [1.29, 1.82) is 0 Å². The first kappa shape index (κ1) is 24.1. The molecule has 1 atom stereocenters. The highest BCUT2D eigenvalue weighted by Crippen LogP contribution is 2.23. The first-order valence-electron chi connectivity index (χ1n) is 11.4. The molecule has 0 spiro atoms. The summed E-state index contributed by atoms with van der Waals surface area (Å²) in [5, 5.41) is 14.7. The number of nitrogens with one attached hydrogen (secondary N) is 2. The second-order valence-corrected chi connectivity index (χ2v) is 8.14. The standard InChI is InChI=1S/C25H28N6O4/c26-21(9-10-23(32)33)24(34)28-18-3-1-17(2-4-18)22-11-12-27-25(30-22)29-19-5-7-20(8-6-19)31-13-15-35-16-14-31/h1-8,11-12,21H,9-10,13-16,26H2,(H,28,34)(H,32,33)(H,27,29,30)/t21-/m0/s1. The number of carbonyl (C=O) groups excluding carboxylic acids is 1. The van der Waals surface area contributed by atoms with E-state index < -0.39 is 17.9 Å². The van der Waals surface area contributed by atoms with Crippen LogP contribution in [0.5, 0.6) is 0 Å². The van der Waals surface area contributed by atoms with Crippen molar-refractivity contribution in [3.05, 3.63) is 60.8 Å². The van der Waals surface area contributed by atoms with E-state index in [9.17, 15) is 9.59 Å². The fraction of sp³-hybridized carbons (Fsp3) is 0.280. The van der Waals surface area contributed by atoms with Crippen LogP contribution in [0.4, 0.5) is 23.0 Å². The van der Waals surface area contributed by atoms with Crippen molar-refractivity contribution >= 4 is 34.9 Å². The number of hydrogen-bond donors (Lipinski definition) is 4. The fourth-order valence-electron chi connectivity index (χ4n) is 3.66. The summed E-state index contributed by atoms with van der Waals surface area (Å²) in [4.78, 5) is 34.0. The number of carboxylic acid groups (broad SMARTS) is 1. The Hall–Kier alpha value is -4.02. The van der Waals surface area contributed by atoms with E-state index in [0.717, 1.165) is 48.9 Å². The molecule has 182 valence electrons. The first-order chi connectivity index (χ1) is 17.0. The van der Waals surface area contributed by atoms with Gasteiger partial charge in [0.05, 0.1) is 24.9 Å². The average molecular weight is 477 g/mol. The summed E-state index contributed by atoms with van der Waals surface area (Å²) in [6.45, 7) is 3.26. The van der Waals surface area contributed by atoms with Crippen molar-refractivity contribution in [2.45, 2.75) is 18.9 Å². The molecule has 1 amide bonds. The van der Waals surface area contributed by atoms with Crippen molar-refractivity contribution in [2.24, 2.45) is 5.73 Å². The quantitative estimate of drug-likeness (QED) is 0.366. The minimum Gasteiger partial charge on any atom is -0.481 e. The van der Waals surface area contributed by atoms with Gasteiger partial charge in [0.25, 0.3) is 0 Å². The van der Waals surface area contributed by atoms with Crippen molar-refractivity contribution < 1.29 is 19.4 Å². The number of aromatic nitrogens is 2. The molecule has 0 unspecified atom stereocenters. The van der Waals surface area contributed by atoms with Gasteiger partial charge in [0.2, 0.25) is 11.9 Å². The molecule has 1 fully saturated rings. The van der Waals surface area contributed by atoms with Crippen LogP contribution in [0.15, 0.2) is 60.8 Å². The molecule has 1 aromatic heterocycles. The third kappa shape index (κ3) is 6.75. The molecule has 0 bridgehead atoms. The summed E-state index contributed by atoms with van der Waals surface area (Å²) in [7, 11) is 0. The second-order valence-electron chi connectivity index (χ2n) is 8.14. The van der Waals surface area contributed by atoms with Gasteiger partial charge in [-0.25, -0.2) is 9.97 Å². The fourth-order valence-corrected chi connectivity index (χ4v) is 3.66. The van der Waals surface area contributed by atoms with Gasteiger partial charge in [-0.1, -0.05) is 12.1 Å². The van der Waals surface area contributed by atoms with Gasteiger partial charge < -0.3 is 31.1 Å². The van der Waals surface area contributed by atoms with E-state index in [0.29, 0.717) is 11.6 Å². The molecular weight excluding hydrogens is 448 g/mol. The number of ether oxygens (including phenoxy) is 1. The minimum absolute atomic E-state index is 0.0753. The predicted molar refractivity (Wildman–Crippen MR) is 134 cm³/mol. The number of benzene rings is 2. The van der Waals surface area contributed by atoms with E-state index in [4.69, 9.17) is 15.6 Å². The number of carbonyl (C=O) groups is 2. The number of aliphatic carboxylic acids is 1. The molecule has 0 saturated carbocycles. The number of hydrogen-bond acceptors (Lipinski definition) is 8. The lowest BCUT2D eigenvalue weighted by Gasteiger charge is -2.28. The number of carboxylic acids is 1. The molecule has 3 aromatic rings. The highest BCUT2D eigenvalue weighted by molar-refractivity contribution is 5.95. The summed E-state index contributed by atoms with van der Waals surface area (Å²) in [6, 6.07) is 16.2. The van der Waals surface area contributed by atoms with E-state index >= 15 is 0 Å². The van der Waals surface area contributed by atoms with Gasteiger partial charge in [-0.05, 0) is 48.9 Å². The SMILES string of the molecule is N[C@@H](CCC(=O)O)C(=O)Nc1ccc(-c2ccnc(Nc3ccc(N4CCOCC4)cc3)n2)cc1. The van der Waals surface area contributed by atoms with Crippen molar-refractivity contribution in [3.8, 4) is 11.3 Å². The van der Waals surface area contributed by atoms with Crippen LogP contribution in [-0.4, -0.2) is 59.3 Å². The molecule has 1 aliphatic heterocycles. The molecule has 2 heterocycles. The predicted octanol–water partition coefficient (Wildman–Crippen LogP) is 2.85. The van der Waals surface area contributed by atoms with Gasteiger partial charge >= 0.3 is 5.97 Å². The zero-order valence-electron chi connectivity index (χ0n) is 19.2. The van der Waals surface area contributed by atoms with Gasteiger partial charge in [-0.15, -0.1) is 0 Å². The molecule has 10 heteroatoms. The summed E-state index contributed by atoms with van der Waals surface area (Å²) in [6.07, 6.45) is 1.60. The molecular formula is C25H28N6O4. The van der Waals surface area contributed by atoms with E-state index in [1.54, 1.807) is 18.3 Å². The Labute approximate surface area is 203 Å². The molecule has 5 N–H and O–H groups in total. The highest BCUT2D eigenvalue weighted by Gasteiger charge is 2.15. The maximum atomic E-state index is 12.1. The molecule has 1 saturated heterocycles. The Kier molecular flexibility index (Phi) is 7.86. The lowest BCUT2D eigenvalue weighted by atomic mass is 10.1. The minimum atomic E-state index is -0.985. The molecule has 0 aliphatic carbocycles. The van der Waals surface area contributed by atoms with Crippen LogP contribution < -0.4 is 21.3 Å². The average Bonchev–Trinajstić information content (AvgIpc) is 2.89. The summed E-state index contributed by atoms with van der Waals surface area (Å²) >= 11 is 0. The Morgan fingerprint density at radius 2 is 1.71 bits per heavy atom. The van der Waals surface area contributed by atoms with Gasteiger partial charge in [-0.2, -0.15) is 0 Å². The van der Waals surface area contributed by atoms with Crippen LogP contribution in [-0.2, 0) is 14.3 Å². The third-order valence-electron chi connectivity index (χ3n) is 5.61. The van der Waals surface area contributed by atoms with Crippen molar-refractivity contribution in [1.82, 2.24) is 9.97 Å². The summed E-state index contributed by atoms with van der Waals surface area (Å²) in [5.74, 6) is -0.933. The van der Waals surface area contributed by atoms with Crippen LogP contribution in [0, 0.1) is 0 Å². The first-order valence-corrected chi connectivity index (χ1v) is 11.4. The third-order valence-corrected chi connectivity index (χ3v) is 5.61. The Balaban J connectivity index is 1.37. The largest absolute Gasteiger partial charge is 0.481 e. The van der Waals surface area contributed by atoms with Gasteiger partial charge in [0.15, 0.2) is 0 Å². The monoisotopic (exact) mass is 476 g/mol. The van der Waals surface area contributed by atoms with E-state index in [1.807, 2.05) is 30.3 Å². The number of amides is 1. The second kappa shape index (κ2) is 11.4. The number of rotatable bonds is 9. The topological polar surface area (TPSA) is 143 Å². The summed E-state index contributed by atoms with van der Waals surface area (Å²) in [5.41, 5.74) is 9.94. The zero-order chi connectivity index (χ0) is 24.6. The number of nitrogens with two attached hydrogens (primary N) is 1. The smallest absolute Gasteiger partial charge is 0.303 e. The van der Waals surface area contributed by atoms with E-state index in [1.165, 1.54) is 0 Å². The molecule has 35 heavy (non-hydrogen) atoms. The van der Waals surface area contributed by atoms with Crippen LogP contribution in [0.25, 0.3) is 11.3 Å². The normalized spacial score (nSPS) is 14.3. The molecule has 1 aliphatic rings. The lowest BCUT2D eigenvalue weighted by molar-refractivity contribution is -0.137. The van der Waals surface area contributed by atoms with E-state index in [2.05, 4.69) is 37.6 Å². The maximum Gasteiger partial charge on any atom is 0.303 e. The van der Waals surface area contributed by atoms with E-state index in [-0.39, 0.29) is 12.8 Å². The molecule has 2 aromatic carbocycles. The maximum absolute atomic E-state index is 12.1. The van der Waals surface area contributed by atoms with Crippen molar-refractivity contribution in [2.75, 3.05) is 41.8 Å². The van der Waals surface area contributed by atoms with Gasteiger partial charge in [0.1, 0.15) is 0 Å². The van der Waals surface area contributed by atoms with Gasteiger partial charge in [0, 0.05) is 48.3 Å². The van der Waals surface area contributed by atoms with Crippen LogP contribution in [0.1, 0.15) is 12.8 Å². The number of anilines is 4. The van der Waals surface area contributed by atoms with Gasteiger partial charge in [-0.3, -0.25) is 9.59 Å². The Morgan fingerprint density at radius 3 is 2.40 bits per heavy atom.